The van der Waals surface area contributed by atoms with Crippen molar-refractivity contribution in [2.24, 2.45) is 0 Å². The Labute approximate surface area is 144 Å². The zero-order valence-corrected chi connectivity index (χ0v) is 14.3. The van der Waals surface area contributed by atoms with E-state index in [1.807, 2.05) is 30.3 Å². The molecule has 0 saturated carbocycles. The van der Waals surface area contributed by atoms with Gasteiger partial charge in [-0.2, -0.15) is 9.57 Å². The number of aromatic nitrogens is 2. The van der Waals surface area contributed by atoms with Gasteiger partial charge in [-0.25, -0.2) is 13.4 Å². The molecule has 0 amide bonds. The number of nitrogens with one attached hydrogen (secondary N) is 1. The highest BCUT2D eigenvalue weighted by molar-refractivity contribution is 7.89. The molecule has 2 aromatic carbocycles. The van der Waals surface area contributed by atoms with E-state index in [1.54, 1.807) is 0 Å². The monoisotopic (exact) mass is 360 g/mol. The molecule has 0 saturated heterocycles. The maximum absolute atomic E-state index is 12.7. The Morgan fingerprint density at radius 3 is 2.75 bits per heavy atom. The van der Waals surface area contributed by atoms with Crippen molar-refractivity contribution in [3.63, 3.8) is 0 Å². The largest absolute Gasteiger partial charge is 0.341 e. The number of H-pyrrole nitrogens is 1. The predicted molar refractivity (Wildman–Crippen MR) is 90.9 cm³/mol. The fourth-order valence-electron chi connectivity index (χ4n) is 2.31. The Kier molecular flexibility index (Phi) is 4.28. The lowest BCUT2D eigenvalue weighted by atomic mass is 10.2. The van der Waals surface area contributed by atoms with Crippen LogP contribution in [0.4, 0.5) is 0 Å². The number of hydrogen-bond donors (Lipinski definition) is 1. The highest BCUT2D eigenvalue weighted by atomic mass is 35.5. The van der Waals surface area contributed by atoms with Gasteiger partial charge in [0.1, 0.15) is 11.9 Å². The number of nitrogens with zero attached hydrogens (tertiary/aromatic N) is 3. The minimum Gasteiger partial charge on any atom is -0.341 e. The van der Waals surface area contributed by atoms with Gasteiger partial charge < -0.3 is 4.98 Å². The number of nitriles is 1. The molecule has 3 aromatic rings. The van der Waals surface area contributed by atoms with E-state index in [0.717, 1.165) is 11.0 Å². The number of benzene rings is 2. The molecule has 1 N–H and O–H groups in total. The van der Waals surface area contributed by atoms with Crippen LogP contribution < -0.4 is 0 Å². The van der Waals surface area contributed by atoms with Crippen molar-refractivity contribution >= 4 is 32.7 Å². The summed E-state index contributed by atoms with van der Waals surface area (Å²) in [5.41, 5.74) is 1.74. The molecule has 122 valence electrons. The topological polar surface area (TPSA) is 89.8 Å². The van der Waals surface area contributed by atoms with Gasteiger partial charge in [0, 0.05) is 7.05 Å². The van der Waals surface area contributed by atoms with Crippen molar-refractivity contribution < 1.29 is 8.42 Å². The fourth-order valence-corrected chi connectivity index (χ4v) is 3.63. The summed E-state index contributed by atoms with van der Waals surface area (Å²) in [5.74, 6) is 0.539. The highest BCUT2D eigenvalue weighted by Crippen LogP contribution is 2.23. The number of fused-ring (bicyclic) bond motifs is 1. The fraction of sp³-hybridized carbons (Fsp3) is 0.125. The highest BCUT2D eigenvalue weighted by Gasteiger charge is 2.23. The lowest BCUT2D eigenvalue weighted by Crippen LogP contribution is -2.27. The lowest BCUT2D eigenvalue weighted by Gasteiger charge is -2.16. The number of sulfonamides is 1. The van der Waals surface area contributed by atoms with E-state index in [2.05, 4.69) is 9.97 Å². The second-order valence-corrected chi connectivity index (χ2v) is 7.67. The zero-order chi connectivity index (χ0) is 17.3. The van der Waals surface area contributed by atoms with Crippen LogP contribution in [0.15, 0.2) is 47.4 Å². The second-order valence-electron chi connectivity index (χ2n) is 5.22. The van der Waals surface area contributed by atoms with E-state index in [4.69, 9.17) is 16.9 Å². The first-order chi connectivity index (χ1) is 11.4. The molecule has 1 aromatic heterocycles. The summed E-state index contributed by atoms with van der Waals surface area (Å²) in [6, 6.07) is 13.4. The molecule has 1 heterocycles. The van der Waals surface area contributed by atoms with Crippen molar-refractivity contribution in [1.29, 1.82) is 5.26 Å². The molecular formula is C16H13ClN4O2S. The zero-order valence-electron chi connectivity index (χ0n) is 12.7. The Morgan fingerprint density at radius 1 is 1.29 bits per heavy atom. The van der Waals surface area contributed by atoms with Crippen molar-refractivity contribution in [2.75, 3.05) is 7.05 Å². The standard InChI is InChI=1S/C16H13ClN4O2S/c1-21(10-16-19-14-4-2-3-5-15(14)20-16)24(22,23)12-6-7-13(17)11(8-12)9-18/h2-8H,10H2,1H3,(H,19,20). The third kappa shape index (κ3) is 2.99. The number of hydrogen-bond acceptors (Lipinski definition) is 4. The number of rotatable bonds is 4. The van der Waals surface area contributed by atoms with Gasteiger partial charge in [-0.3, -0.25) is 0 Å². The molecule has 0 atom stereocenters. The summed E-state index contributed by atoms with van der Waals surface area (Å²) in [5, 5.41) is 9.22. The molecular weight excluding hydrogens is 348 g/mol. The van der Waals surface area contributed by atoms with Gasteiger partial charge in [0.05, 0.1) is 33.1 Å². The summed E-state index contributed by atoms with van der Waals surface area (Å²) in [7, 11) is -2.30. The summed E-state index contributed by atoms with van der Waals surface area (Å²) < 4.78 is 26.5. The summed E-state index contributed by atoms with van der Waals surface area (Å²) in [6.45, 7) is 0.0848. The van der Waals surface area contributed by atoms with Gasteiger partial charge in [-0.1, -0.05) is 23.7 Å². The van der Waals surface area contributed by atoms with Crippen LogP contribution in [0.1, 0.15) is 11.4 Å². The first-order valence-electron chi connectivity index (χ1n) is 7.01. The van der Waals surface area contributed by atoms with Crippen molar-refractivity contribution in [3.05, 3.63) is 58.9 Å². The van der Waals surface area contributed by atoms with E-state index in [0.29, 0.717) is 5.82 Å². The minimum absolute atomic E-state index is 0.0158. The first kappa shape index (κ1) is 16.5. The van der Waals surface area contributed by atoms with Crippen LogP contribution in [0, 0.1) is 11.3 Å². The summed E-state index contributed by atoms with van der Waals surface area (Å²) in [6.07, 6.45) is 0. The van der Waals surface area contributed by atoms with Gasteiger partial charge in [0.15, 0.2) is 0 Å². The van der Waals surface area contributed by atoms with E-state index < -0.39 is 10.0 Å². The van der Waals surface area contributed by atoms with Crippen LogP contribution in [0.3, 0.4) is 0 Å². The Balaban J connectivity index is 1.90. The molecule has 0 fully saturated rings. The van der Waals surface area contributed by atoms with Crippen molar-refractivity contribution in [2.45, 2.75) is 11.4 Å². The van der Waals surface area contributed by atoms with Crippen LogP contribution in [-0.2, 0) is 16.6 Å². The van der Waals surface area contributed by atoms with E-state index in [9.17, 15) is 8.42 Å². The van der Waals surface area contributed by atoms with Gasteiger partial charge in [-0.15, -0.1) is 0 Å². The van der Waals surface area contributed by atoms with Gasteiger partial charge >= 0.3 is 0 Å². The van der Waals surface area contributed by atoms with Crippen LogP contribution in [-0.4, -0.2) is 29.7 Å². The van der Waals surface area contributed by atoms with Gasteiger partial charge in [0.25, 0.3) is 0 Å². The molecule has 0 unspecified atom stereocenters. The lowest BCUT2D eigenvalue weighted by molar-refractivity contribution is 0.458. The number of halogens is 1. The molecule has 6 nitrogen and oxygen atoms in total. The second kappa shape index (κ2) is 6.24. The predicted octanol–water partition coefficient (Wildman–Crippen LogP) is 2.91. The molecule has 0 aliphatic rings. The molecule has 0 aliphatic carbocycles. The molecule has 0 bridgehead atoms. The molecule has 8 heteroatoms. The van der Waals surface area contributed by atoms with Gasteiger partial charge in [-0.05, 0) is 30.3 Å². The van der Waals surface area contributed by atoms with Gasteiger partial charge in [0.2, 0.25) is 10.0 Å². The maximum Gasteiger partial charge on any atom is 0.243 e. The first-order valence-corrected chi connectivity index (χ1v) is 8.83. The quantitative estimate of drug-likeness (QED) is 0.774. The van der Waals surface area contributed by atoms with E-state index >= 15 is 0 Å². The Bertz CT molecular complexity index is 1020. The minimum atomic E-state index is -3.76. The molecule has 0 spiro atoms. The average Bonchev–Trinajstić information content (AvgIpc) is 2.97. The van der Waals surface area contributed by atoms with Crippen LogP contribution in [0.2, 0.25) is 5.02 Å². The number of imidazole rings is 1. The number of aromatic amines is 1. The SMILES string of the molecule is CN(Cc1nc2ccccc2[nH]1)S(=O)(=O)c1ccc(Cl)c(C#N)c1. The third-order valence-corrected chi connectivity index (χ3v) is 5.71. The summed E-state index contributed by atoms with van der Waals surface area (Å²) in [4.78, 5) is 7.48. The molecule has 0 radical (unpaired) electrons. The van der Waals surface area contributed by atoms with E-state index in [1.165, 1.54) is 29.6 Å². The Morgan fingerprint density at radius 2 is 2.04 bits per heavy atom. The van der Waals surface area contributed by atoms with Crippen LogP contribution >= 0.6 is 11.6 Å². The van der Waals surface area contributed by atoms with Crippen LogP contribution in [0.5, 0.6) is 0 Å². The smallest absolute Gasteiger partial charge is 0.243 e. The Hall–Kier alpha value is -2.40. The molecule has 3 rings (SSSR count). The van der Waals surface area contributed by atoms with Crippen molar-refractivity contribution in [1.82, 2.24) is 14.3 Å². The number of para-hydroxylation sites is 2. The van der Waals surface area contributed by atoms with Crippen molar-refractivity contribution in [3.8, 4) is 6.07 Å². The summed E-state index contributed by atoms with van der Waals surface area (Å²) >= 11 is 5.85. The third-order valence-electron chi connectivity index (χ3n) is 3.58. The van der Waals surface area contributed by atoms with Crippen LogP contribution in [0.25, 0.3) is 11.0 Å². The maximum atomic E-state index is 12.7. The molecule has 24 heavy (non-hydrogen) atoms. The average molecular weight is 361 g/mol. The van der Waals surface area contributed by atoms with E-state index in [-0.39, 0.29) is 22.0 Å². The normalized spacial score (nSPS) is 11.8. The molecule has 0 aliphatic heterocycles.